The molecule has 0 saturated carbocycles. The van der Waals surface area contributed by atoms with Crippen LogP contribution in [0.15, 0.2) is 116 Å². The second kappa shape index (κ2) is 13.7. The Hall–Kier alpha value is -5.45. The number of rotatable bonds is 13. The maximum atomic E-state index is 11.4. The predicted molar refractivity (Wildman–Crippen MR) is 175 cm³/mol. The van der Waals surface area contributed by atoms with E-state index in [0.717, 1.165) is 33.8 Å². The lowest BCUT2D eigenvalue weighted by atomic mass is 9.80. The SMILES string of the molecule is COc1ccc(C(OCC(O)Cn2cnc3c(OCc4ccccc4)nc(N)nc32)(c2ccccc2)c2ccc(OC)cc2)cc1. The topological polar surface area (TPSA) is 127 Å². The van der Waals surface area contributed by atoms with Crippen LogP contribution in [0.25, 0.3) is 11.2 Å². The van der Waals surface area contributed by atoms with Crippen molar-refractivity contribution >= 4 is 17.1 Å². The molecule has 0 saturated heterocycles. The van der Waals surface area contributed by atoms with E-state index in [4.69, 9.17) is 24.7 Å². The van der Waals surface area contributed by atoms with E-state index in [1.807, 2.05) is 109 Å². The Morgan fingerprint density at radius 3 is 1.91 bits per heavy atom. The van der Waals surface area contributed by atoms with Crippen molar-refractivity contribution in [3.63, 3.8) is 0 Å². The molecular weight excluding hydrogens is 582 g/mol. The molecule has 0 radical (unpaired) electrons. The number of fused-ring (bicyclic) bond motifs is 1. The van der Waals surface area contributed by atoms with Crippen LogP contribution in [0.3, 0.4) is 0 Å². The summed E-state index contributed by atoms with van der Waals surface area (Å²) in [6, 6.07) is 35.2. The van der Waals surface area contributed by atoms with Crippen LogP contribution in [-0.2, 0) is 23.5 Å². The van der Waals surface area contributed by atoms with Gasteiger partial charge in [-0.15, -0.1) is 0 Å². The molecular formula is C36H35N5O5. The molecule has 46 heavy (non-hydrogen) atoms. The van der Waals surface area contributed by atoms with Gasteiger partial charge in [0.15, 0.2) is 11.2 Å². The lowest BCUT2D eigenvalue weighted by Gasteiger charge is -2.36. The first-order valence-corrected chi connectivity index (χ1v) is 14.8. The Labute approximate surface area is 267 Å². The lowest BCUT2D eigenvalue weighted by molar-refractivity contribution is -0.0421. The van der Waals surface area contributed by atoms with Gasteiger partial charge in [0, 0.05) is 0 Å². The molecule has 0 aliphatic carbocycles. The normalized spacial score (nSPS) is 12.2. The van der Waals surface area contributed by atoms with E-state index in [0.29, 0.717) is 17.8 Å². The van der Waals surface area contributed by atoms with Crippen molar-refractivity contribution in [2.75, 3.05) is 26.6 Å². The van der Waals surface area contributed by atoms with Crippen LogP contribution in [0.1, 0.15) is 22.3 Å². The Balaban J connectivity index is 1.30. The van der Waals surface area contributed by atoms with Gasteiger partial charge in [0.1, 0.15) is 23.7 Å². The summed E-state index contributed by atoms with van der Waals surface area (Å²) in [6.07, 6.45) is 0.649. The first kappa shape index (κ1) is 30.6. The largest absolute Gasteiger partial charge is 0.497 e. The summed E-state index contributed by atoms with van der Waals surface area (Å²) < 4.78 is 25.4. The number of methoxy groups -OCH3 is 2. The maximum absolute atomic E-state index is 11.4. The summed E-state index contributed by atoms with van der Waals surface area (Å²) in [6.45, 7) is 0.416. The highest BCUT2D eigenvalue weighted by molar-refractivity contribution is 5.77. The highest BCUT2D eigenvalue weighted by atomic mass is 16.5. The van der Waals surface area contributed by atoms with Crippen LogP contribution in [0.5, 0.6) is 17.4 Å². The van der Waals surface area contributed by atoms with Crippen molar-refractivity contribution in [2.24, 2.45) is 0 Å². The van der Waals surface area contributed by atoms with Gasteiger partial charge < -0.3 is 34.4 Å². The lowest BCUT2D eigenvalue weighted by Crippen LogP contribution is -2.36. The number of hydrogen-bond acceptors (Lipinski definition) is 9. The molecule has 0 spiro atoms. The van der Waals surface area contributed by atoms with Gasteiger partial charge in [-0.25, -0.2) is 4.98 Å². The summed E-state index contributed by atoms with van der Waals surface area (Å²) in [5, 5.41) is 11.4. The summed E-state index contributed by atoms with van der Waals surface area (Å²) in [7, 11) is 3.26. The summed E-state index contributed by atoms with van der Waals surface area (Å²) >= 11 is 0. The fourth-order valence-electron chi connectivity index (χ4n) is 5.47. The number of nitrogens with zero attached hydrogens (tertiary/aromatic N) is 4. The van der Waals surface area contributed by atoms with Crippen molar-refractivity contribution in [3.05, 3.63) is 138 Å². The van der Waals surface area contributed by atoms with Crippen LogP contribution in [0.4, 0.5) is 5.95 Å². The van der Waals surface area contributed by atoms with Gasteiger partial charge in [-0.2, -0.15) is 9.97 Å². The van der Waals surface area contributed by atoms with Gasteiger partial charge in [0.25, 0.3) is 0 Å². The molecule has 1 atom stereocenters. The molecule has 1 unspecified atom stereocenters. The van der Waals surface area contributed by atoms with E-state index >= 15 is 0 Å². The number of anilines is 1. The third kappa shape index (κ3) is 6.35. The minimum atomic E-state index is -1.07. The van der Waals surface area contributed by atoms with Gasteiger partial charge in [0.05, 0.1) is 39.8 Å². The number of aromatic nitrogens is 4. The number of ether oxygens (including phenoxy) is 4. The van der Waals surface area contributed by atoms with Crippen LogP contribution in [0, 0.1) is 0 Å². The van der Waals surface area contributed by atoms with Gasteiger partial charge in [-0.3, -0.25) is 0 Å². The molecule has 0 aliphatic rings. The van der Waals surface area contributed by atoms with Crippen LogP contribution >= 0.6 is 0 Å². The third-order valence-corrected chi connectivity index (χ3v) is 7.74. The van der Waals surface area contributed by atoms with Crippen LogP contribution in [-0.4, -0.2) is 51.6 Å². The van der Waals surface area contributed by atoms with Gasteiger partial charge in [-0.1, -0.05) is 84.9 Å². The van der Waals surface area contributed by atoms with E-state index < -0.39 is 11.7 Å². The van der Waals surface area contributed by atoms with Gasteiger partial charge in [-0.05, 0) is 46.5 Å². The van der Waals surface area contributed by atoms with E-state index in [1.54, 1.807) is 25.1 Å². The molecule has 10 nitrogen and oxygen atoms in total. The number of benzene rings is 4. The number of aliphatic hydroxyl groups excluding tert-OH is 1. The Morgan fingerprint density at radius 1 is 0.761 bits per heavy atom. The fraction of sp³-hybridized carbons (Fsp3) is 0.194. The zero-order valence-electron chi connectivity index (χ0n) is 25.6. The summed E-state index contributed by atoms with van der Waals surface area (Å²) in [4.78, 5) is 13.2. The molecule has 3 N–H and O–H groups in total. The number of nitrogens with two attached hydrogens (primary N) is 1. The molecule has 6 rings (SSSR count). The van der Waals surface area contributed by atoms with Crippen molar-refractivity contribution in [3.8, 4) is 17.4 Å². The average molecular weight is 618 g/mol. The number of imidazole rings is 1. The Kier molecular flexibility index (Phi) is 9.09. The second-order valence-electron chi connectivity index (χ2n) is 10.7. The molecule has 0 bridgehead atoms. The zero-order chi connectivity index (χ0) is 31.9. The monoisotopic (exact) mass is 617 g/mol. The molecule has 6 aromatic rings. The predicted octanol–water partition coefficient (Wildman–Crippen LogP) is 5.37. The minimum Gasteiger partial charge on any atom is -0.497 e. The molecule has 0 fully saturated rings. The van der Waals surface area contributed by atoms with E-state index in [2.05, 4.69) is 15.0 Å². The summed E-state index contributed by atoms with van der Waals surface area (Å²) in [5.74, 6) is 1.77. The zero-order valence-corrected chi connectivity index (χ0v) is 25.6. The standard InChI is InChI=1S/C36H35N5O5/c1-43-30-17-13-27(14-18-30)36(26-11-7-4-8-12-26,28-15-19-31(44-2)20-16-28)46-23-29(42)21-41-24-38-32-33(41)39-35(37)40-34(32)45-22-25-9-5-3-6-10-25/h3-20,24,29,42H,21-23H2,1-2H3,(H2,37,39,40). The number of aliphatic hydroxyl groups is 1. The minimum absolute atomic E-state index is 0.0233. The van der Waals surface area contributed by atoms with Gasteiger partial charge >= 0.3 is 0 Å². The van der Waals surface area contributed by atoms with Crippen molar-refractivity contribution in [1.29, 1.82) is 0 Å². The highest BCUT2D eigenvalue weighted by Gasteiger charge is 2.38. The summed E-state index contributed by atoms with van der Waals surface area (Å²) in [5.41, 5.74) is 9.50. The quantitative estimate of drug-likeness (QED) is 0.164. The average Bonchev–Trinajstić information content (AvgIpc) is 3.50. The van der Waals surface area contributed by atoms with Crippen LogP contribution < -0.4 is 19.9 Å². The highest BCUT2D eigenvalue weighted by Crippen LogP contribution is 2.42. The molecule has 234 valence electrons. The molecule has 2 aromatic heterocycles. The Bertz CT molecular complexity index is 1820. The molecule has 4 aromatic carbocycles. The molecule has 10 heteroatoms. The van der Waals surface area contributed by atoms with Crippen molar-refractivity contribution in [1.82, 2.24) is 19.5 Å². The third-order valence-electron chi connectivity index (χ3n) is 7.74. The van der Waals surface area contributed by atoms with E-state index in [-0.39, 0.29) is 25.0 Å². The number of nitrogen functional groups attached to an aromatic ring is 1. The molecule has 2 heterocycles. The molecule has 0 aliphatic heterocycles. The van der Waals surface area contributed by atoms with E-state index in [1.165, 1.54) is 0 Å². The van der Waals surface area contributed by atoms with E-state index in [9.17, 15) is 5.11 Å². The smallest absolute Gasteiger partial charge is 0.247 e. The van der Waals surface area contributed by atoms with Crippen molar-refractivity contribution < 1.29 is 24.1 Å². The first-order chi connectivity index (χ1) is 22.5. The first-order valence-electron chi connectivity index (χ1n) is 14.8. The van der Waals surface area contributed by atoms with Crippen LogP contribution in [0.2, 0.25) is 0 Å². The Morgan fingerprint density at radius 2 is 1.33 bits per heavy atom. The maximum Gasteiger partial charge on any atom is 0.247 e. The molecule has 0 amide bonds. The van der Waals surface area contributed by atoms with Gasteiger partial charge in [0.2, 0.25) is 11.8 Å². The number of hydrogen-bond donors (Lipinski definition) is 2. The van der Waals surface area contributed by atoms with Crippen molar-refractivity contribution in [2.45, 2.75) is 24.9 Å². The second-order valence-corrected chi connectivity index (χ2v) is 10.7. The fourth-order valence-corrected chi connectivity index (χ4v) is 5.47.